The average molecular weight is 311 g/mol. The van der Waals surface area contributed by atoms with Crippen LogP contribution in [-0.4, -0.2) is 8.42 Å². The Bertz CT molecular complexity index is 752. The molecule has 20 heavy (non-hydrogen) atoms. The van der Waals surface area contributed by atoms with Gasteiger partial charge in [0.1, 0.15) is 10.6 Å². The molecule has 0 saturated heterocycles. The van der Waals surface area contributed by atoms with E-state index >= 15 is 0 Å². The molecular formula is C15H15ClO3S. The lowest BCUT2D eigenvalue weighted by Gasteiger charge is -2.14. The van der Waals surface area contributed by atoms with Crippen molar-refractivity contribution >= 4 is 21.7 Å². The molecule has 0 heterocycles. The normalized spacial score (nSPS) is 11.4. The molecule has 2 rings (SSSR count). The Hall–Kier alpha value is -1.52. The van der Waals surface area contributed by atoms with Crippen molar-refractivity contribution in [3.63, 3.8) is 0 Å². The second-order valence-electron chi connectivity index (χ2n) is 4.62. The van der Waals surface area contributed by atoms with Gasteiger partial charge >= 0.3 is 10.1 Å². The SMILES string of the molecule is Cc1ccc(C)c(OS(=O)(=O)c2ccccc2Cl)c1C. The Labute approximate surface area is 124 Å². The van der Waals surface area contributed by atoms with Crippen molar-refractivity contribution in [1.82, 2.24) is 0 Å². The zero-order valence-corrected chi connectivity index (χ0v) is 13.0. The first-order valence-electron chi connectivity index (χ1n) is 6.09. The Morgan fingerprint density at radius 3 is 2.20 bits per heavy atom. The first-order chi connectivity index (χ1) is 9.33. The van der Waals surface area contributed by atoms with Crippen LogP contribution in [0.5, 0.6) is 5.75 Å². The van der Waals surface area contributed by atoms with Crippen LogP contribution >= 0.6 is 11.6 Å². The van der Waals surface area contributed by atoms with Gasteiger partial charge in [0.05, 0.1) is 5.02 Å². The number of rotatable bonds is 3. The van der Waals surface area contributed by atoms with Crippen LogP contribution in [0.15, 0.2) is 41.3 Å². The van der Waals surface area contributed by atoms with E-state index in [1.165, 1.54) is 12.1 Å². The van der Waals surface area contributed by atoms with Gasteiger partial charge in [0, 0.05) is 0 Å². The number of benzene rings is 2. The second kappa shape index (κ2) is 5.46. The van der Waals surface area contributed by atoms with Crippen LogP contribution in [-0.2, 0) is 10.1 Å². The molecule has 0 aliphatic rings. The summed E-state index contributed by atoms with van der Waals surface area (Å²) in [5.41, 5.74) is 2.55. The zero-order chi connectivity index (χ0) is 14.9. The van der Waals surface area contributed by atoms with Crippen molar-refractivity contribution in [3.8, 4) is 5.75 Å². The molecule has 2 aromatic rings. The van der Waals surface area contributed by atoms with E-state index in [2.05, 4.69) is 0 Å². The molecule has 0 amide bonds. The highest BCUT2D eigenvalue weighted by Gasteiger charge is 2.22. The van der Waals surface area contributed by atoms with Crippen molar-refractivity contribution in [2.24, 2.45) is 0 Å². The van der Waals surface area contributed by atoms with Gasteiger partial charge in [0.25, 0.3) is 0 Å². The number of hydrogen-bond donors (Lipinski definition) is 0. The first-order valence-corrected chi connectivity index (χ1v) is 7.87. The maximum atomic E-state index is 12.3. The van der Waals surface area contributed by atoms with E-state index < -0.39 is 10.1 Å². The predicted octanol–water partition coefficient (Wildman–Crippen LogP) is 4.03. The summed E-state index contributed by atoms with van der Waals surface area (Å²) in [7, 11) is -3.94. The van der Waals surface area contributed by atoms with Crippen molar-refractivity contribution in [2.45, 2.75) is 25.7 Å². The Balaban J connectivity index is 2.50. The van der Waals surface area contributed by atoms with Crippen LogP contribution in [0.2, 0.25) is 5.02 Å². The van der Waals surface area contributed by atoms with Crippen molar-refractivity contribution in [3.05, 3.63) is 58.1 Å². The van der Waals surface area contributed by atoms with E-state index in [9.17, 15) is 8.42 Å². The molecule has 0 spiro atoms. The largest absolute Gasteiger partial charge is 0.378 e. The zero-order valence-electron chi connectivity index (χ0n) is 11.5. The van der Waals surface area contributed by atoms with Gasteiger partial charge in [-0.25, -0.2) is 0 Å². The highest BCUT2D eigenvalue weighted by atomic mass is 35.5. The van der Waals surface area contributed by atoms with E-state index in [1.807, 2.05) is 32.9 Å². The van der Waals surface area contributed by atoms with Crippen LogP contribution in [0.1, 0.15) is 16.7 Å². The van der Waals surface area contributed by atoms with Crippen LogP contribution in [0.4, 0.5) is 0 Å². The average Bonchev–Trinajstić information content (AvgIpc) is 2.39. The van der Waals surface area contributed by atoms with Crippen LogP contribution in [0.25, 0.3) is 0 Å². The maximum absolute atomic E-state index is 12.3. The minimum Gasteiger partial charge on any atom is -0.378 e. The van der Waals surface area contributed by atoms with Gasteiger partial charge in [-0.05, 0) is 49.6 Å². The van der Waals surface area contributed by atoms with E-state index in [-0.39, 0.29) is 9.92 Å². The van der Waals surface area contributed by atoms with Crippen molar-refractivity contribution < 1.29 is 12.6 Å². The van der Waals surface area contributed by atoms with Gasteiger partial charge in [-0.15, -0.1) is 0 Å². The summed E-state index contributed by atoms with van der Waals surface area (Å²) in [5, 5.41) is 0.149. The van der Waals surface area contributed by atoms with Crippen molar-refractivity contribution in [2.75, 3.05) is 0 Å². The molecule has 0 aromatic heterocycles. The molecule has 0 aliphatic heterocycles. The monoisotopic (exact) mass is 310 g/mol. The van der Waals surface area contributed by atoms with Gasteiger partial charge in [-0.2, -0.15) is 8.42 Å². The highest BCUT2D eigenvalue weighted by molar-refractivity contribution is 7.87. The number of hydrogen-bond acceptors (Lipinski definition) is 3. The van der Waals surface area contributed by atoms with Gasteiger partial charge < -0.3 is 4.18 Å². The van der Waals surface area contributed by atoms with E-state index in [0.29, 0.717) is 5.75 Å². The summed E-state index contributed by atoms with van der Waals surface area (Å²) in [5.74, 6) is 0.366. The third-order valence-electron chi connectivity index (χ3n) is 3.17. The Morgan fingerprint density at radius 2 is 1.55 bits per heavy atom. The van der Waals surface area contributed by atoms with Crippen LogP contribution in [0, 0.1) is 20.8 Å². The lowest BCUT2D eigenvalue weighted by molar-refractivity contribution is 0.482. The molecule has 0 saturated carbocycles. The highest BCUT2D eigenvalue weighted by Crippen LogP contribution is 2.30. The van der Waals surface area contributed by atoms with Gasteiger partial charge in [0.15, 0.2) is 0 Å². The van der Waals surface area contributed by atoms with E-state index in [1.54, 1.807) is 12.1 Å². The molecule has 0 atom stereocenters. The molecular weight excluding hydrogens is 296 g/mol. The molecule has 3 nitrogen and oxygen atoms in total. The smallest absolute Gasteiger partial charge is 0.340 e. The molecule has 106 valence electrons. The maximum Gasteiger partial charge on any atom is 0.340 e. The standard InChI is InChI=1S/C15H15ClO3S/c1-10-8-9-11(2)15(12(10)3)19-20(17,18)14-7-5-4-6-13(14)16/h4-9H,1-3H3. The fourth-order valence-electron chi connectivity index (χ4n) is 1.86. The Kier molecular flexibility index (Phi) is 4.06. The van der Waals surface area contributed by atoms with Gasteiger partial charge in [0.2, 0.25) is 0 Å². The van der Waals surface area contributed by atoms with Crippen molar-refractivity contribution in [1.29, 1.82) is 0 Å². The molecule has 0 fully saturated rings. The summed E-state index contributed by atoms with van der Waals surface area (Å²) < 4.78 is 30.0. The summed E-state index contributed by atoms with van der Waals surface area (Å²) in [4.78, 5) is -0.0260. The lowest BCUT2D eigenvalue weighted by Crippen LogP contribution is -2.12. The molecule has 0 N–H and O–H groups in total. The van der Waals surface area contributed by atoms with Crippen LogP contribution < -0.4 is 4.18 Å². The quantitative estimate of drug-likeness (QED) is 0.804. The Morgan fingerprint density at radius 1 is 0.950 bits per heavy atom. The molecule has 2 aromatic carbocycles. The van der Waals surface area contributed by atoms with Gasteiger partial charge in [-0.3, -0.25) is 0 Å². The summed E-state index contributed by atoms with van der Waals surface area (Å²) >= 11 is 5.93. The lowest BCUT2D eigenvalue weighted by atomic mass is 10.1. The molecule has 0 radical (unpaired) electrons. The van der Waals surface area contributed by atoms with E-state index in [0.717, 1.165) is 16.7 Å². The van der Waals surface area contributed by atoms with Crippen LogP contribution in [0.3, 0.4) is 0 Å². The molecule has 0 unspecified atom stereocenters. The number of aryl methyl sites for hydroxylation is 2. The summed E-state index contributed by atoms with van der Waals surface area (Å²) in [6.45, 7) is 5.55. The third-order valence-corrected chi connectivity index (χ3v) is 4.90. The fourth-order valence-corrected chi connectivity index (χ4v) is 3.39. The molecule has 0 aliphatic carbocycles. The van der Waals surface area contributed by atoms with Gasteiger partial charge in [-0.1, -0.05) is 35.9 Å². The topological polar surface area (TPSA) is 43.4 Å². The summed E-state index contributed by atoms with van der Waals surface area (Å²) in [6.07, 6.45) is 0. The fraction of sp³-hybridized carbons (Fsp3) is 0.200. The first kappa shape index (κ1) is 14.9. The van der Waals surface area contributed by atoms with E-state index in [4.69, 9.17) is 15.8 Å². The molecule has 0 bridgehead atoms. The predicted molar refractivity (Wildman–Crippen MR) is 79.9 cm³/mol. The summed E-state index contributed by atoms with van der Waals surface area (Å²) in [6, 6.07) is 9.99. The third kappa shape index (κ3) is 2.81. The molecule has 5 heteroatoms. The minimum absolute atomic E-state index is 0.0260. The number of halogens is 1. The second-order valence-corrected chi connectivity index (χ2v) is 6.54. The minimum atomic E-state index is -3.94.